The van der Waals surface area contributed by atoms with Gasteiger partial charge < -0.3 is 10.1 Å². The number of esters is 1. The van der Waals surface area contributed by atoms with E-state index in [9.17, 15) is 4.79 Å². The zero-order valence-electron chi connectivity index (χ0n) is 11.2. The highest BCUT2D eigenvalue weighted by Gasteiger charge is 2.11. The van der Waals surface area contributed by atoms with Crippen LogP contribution in [0.25, 0.3) is 0 Å². The summed E-state index contributed by atoms with van der Waals surface area (Å²) in [6, 6.07) is 14.9. The highest BCUT2D eigenvalue weighted by molar-refractivity contribution is 6.30. The van der Waals surface area contributed by atoms with Gasteiger partial charge >= 0.3 is 5.97 Å². The number of benzene rings is 2. The van der Waals surface area contributed by atoms with E-state index in [1.165, 1.54) is 0 Å². The maximum absolute atomic E-state index is 11.8. The summed E-state index contributed by atoms with van der Waals surface area (Å²) in [5.74, 6) is -0.313. The first-order valence-electron chi connectivity index (χ1n) is 6.45. The molecular formula is C16H16ClNO2. The molecule has 1 N–H and O–H groups in total. The van der Waals surface area contributed by atoms with Crippen molar-refractivity contribution in [1.29, 1.82) is 0 Å². The smallest absolute Gasteiger partial charge is 0.340 e. The van der Waals surface area contributed by atoms with Crippen LogP contribution in [0.4, 0.5) is 5.69 Å². The molecule has 2 rings (SSSR count). The molecule has 0 amide bonds. The van der Waals surface area contributed by atoms with Gasteiger partial charge in [0.15, 0.2) is 0 Å². The summed E-state index contributed by atoms with van der Waals surface area (Å²) in [5, 5.41) is 3.95. The van der Waals surface area contributed by atoms with Crippen LogP contribution in [-0.4, -0.2) is 12.6 Å². The molecule has 0 unspecified atom stereocenters. The fraction of sp³-hybridized carbons (Fsp3) is 0.188. The van der Waals surface area contributed by atoms with Crippen molar-refractivity contribution >= 4 is 23.3 Å². The Morgan fingerprint density at radius 1 is 1.15 bits per heavy atom. The first-order valence-corrected chi connectivity index (χ1v) is 6.83. The number of carbonyl (C=O) groups excluding carboxylic acids is 1. The highest BCUT2D eigenvalue weighted by Crippen LogP contribution is 2.18. The zero-order valence-corrected chi connectivity index (χ0v) is 12.0. The number of anilines is 1. The van der Waals surface area contributed by atoms with Crippen LogP contribution >= 0.6 is 11.6 Å². The van der Waals surface area contributed by atoms with Crippen molar-refractivity contribution in [2.75, 3.05) is 11.9 Å². The van der Waals surface area contributed by atoms with Gasteiger partial charge in [-0.25, -0.2) is 4.79 Å². The Kier molecular flexibility index (Phi) is 5.02. The Morgan fingerprint density at radius 2 is 1.85 bits per heavy atom. The zero-order chi connectivity index (χ0) is 14.4. The van der Waals surface area contributed by atoms with E-state index in [0.717, 1.165) is 11.3 Å². The van der Waals surface area contributed by atoms with Crippen LogP contribution in [0.3, 0.4) is 0 Å². The van der Waals surface area contributed by atoms with Gasteiger partial charge in [-0.05, 0) is 36.8 Å². The fourth-order valence-electron chi connectivity index (χ4n) is 1.82. The normalized spacial score (nSPS) is 10.1. The van der Waals surface area contributed by atoms with Crippen LogP contribution in [0, 0.1) is 0 Å². The van der Waals surface area contributed by atoms with Gasteiger partial charge in [0, 0.05) is 17.3 Å². The Balaban J connectivity index is 2.09. The summed E-state index contributed by atoms with van der Waals surface area (Å²) in [4.78, 5) is 11.8. The fourth-order valence-corrected chi connectivity index (χ4v) is 1.95. The SMILES string of the molecule is CCOC(=O)c1ccccc1NCc1ccc(Cl)cc1. The second kappa shape index (κ2) is 6.96. The number of nitrogens with one attached hydrogen (secondary N) is 1. The largest absolute Gasteiger partial charge is 0.462 e. The lowest BCUT2D eigenvalue weighted by molar-refractivity contribution is 0.0527. The molecule has 0 spiro atoms. The van der Waals surface area contributed by atoms with Gasteiger partial charge in [0.05, 0.1) is 12.2 Å². The molecule has 2 aromatic carbocycles. The number of hydrogen-bond donors (Lipinski definition) is 1. The van der Waals surface area contributed by atoms with E-state index in [0.29, 0.717) is 23.7 Å². The minimum atomic E-state index is -0.313. The number of ether oxygens (including phenoxy) is 1. The van der Waals surface area contributed by atoms with Gasteiger partial charge in [-0.15, -0.1) is 0 Å². The van der Waals surface area contributed by atoms with Crippen molar-refractivity contribution in [3.05, 3.63) is 64.7 Å². The molecule has 4 heteroatoms. The lowest BCUT2D eigenvalue weighted by Gasteiger charge is -2.11. The average molecular weight is 290 g/mol. The summed E-state index contributed by atoms with van der Waals surface area (Å²) in [6.45, 7) is 2.78. The third-order valence-corrected chi connectivity index (χ3v) is 3.07. The quantitative estimate of drug-likeness (QED) is 0.841. The van der Waals surface area contributed by atoms with E-state index >= 15 is 0 Å². The molecule has 0 heterocycles. The minimum Gasteiger partial charge on any atom is -0.462 e. The predicted octanol–water partition coefficient (Wildman–Crippen LogP) is 4.13. The predicted molar refractivity (Wildman–Crippen MR) is 81.2 cm³/mol. The maximum atomic E-state index is 11.8. The molecule has 0 saturated carbocycles. The van der Waals surface area contributed by atoms with Crippen LogP contribution in [0.1, 0.15) is 22.8 Å². The van der Waals surface area contributed by atoms with Crippen LogP contribution in [0.15, 0.2) is 48.5 Å². The van der Waals surface area contributed by atoms with E-state index in [4.69, 9.17) is 16.3 Å². The summed E-state index contributed by atoms with van der Waals surface area (Å²) < 4.78 is 5.04. The summed E-state index contributed by atoms with van der Waals surface area (Å²) in [7, 11) is 0. The van der Waals surface area contributed by atoms with Gasteiger partial charge in [-0.2, -0.15) is 0 Å². The van der Waals surface area contributed by atoms with E-state index in [-0.39, 0.29) is 5.97 Å². The molecule has 0 bridgehead atoms. The second-order valence-electron chi connectivity index (χ2n) is 4.25. The van der Waals surface area contributed by atoms with Crippen molar-refractivity contribution in [2.24, 2.45) is 0 Å². The number of carbonyl (C=O) groups is 1. The molecule has 104 valence electrons. The standard InChI is InChI=1S/C16H16ClNO2/c1-2-20-16(19)14-5-3-4-6-15(14)18-11-12-7-9-13(17)10-8-12/h3-10,18H,2,11H2,1H3. The second-order valence-corrected chi connectivity index (χ2v) is 4.68. The lowest BCUT2D eigenvalue weighted by atomic mass is 10.1. The van der Waals surface area contributed by atoms with E-state index in [1.807, 2.05) is 42.5 Å². The van der Waals surface area contributed by atoms with E-state index in [2.05, 4.69) is 5.32 Å². The van der Waals surface area contributed by atoms with E-state index < -0.39 is 0 Å². The molecule has 0 aromatic heterocycles. The Labute approximate surface area is 123 Å². The first-order chi connectivity index (χ1) is 9.70. The third-order valence-electron chi connectivity index (χ3n) is 2.82. The maximum Gasteiger partial charge on any atom is 0.340 e. The van der Waals surface area contributed by atoms with Crippen molar-refractivity contribution < 1.29 is 9.53 Å². The molecule has 2 aromatic rings. The summed E-state index contributed by atoms with van der Waals surface area (Å²) in [5.41, 5.74) is 2.40. The molecule has 0 atom stereocenters. The van der Waals surface area contributed by atoms with Crippen LogP contribution in [0.5, 0.6) is 0 Å². The third kappa shape index (κ3) is 3.75. The molecular weight excluding hydrogens is 274 g/mol. The lowest BCUT2D eigenvalue weighted by Crippen LogP contribution is -2.09. The van der Waals surface area contributed by atoms with Gasteiger partial charge in [0.2, 0.25) is 0 Å². The molecule has 0 saturated heterocycles. The van der Waals surface area contributed by atoms with Gasteiger partial charge in [-0.1, -0.05) is 35.9 Å². The Bertz CT molecular complexity index is 581. The van der Waals surface area contributed by atoms with Crippen LogP contribution in [-0.2, 0) is 11.3 Å². The minimum absolute atomic E-state index is 0.313. The first kappa shape index (κ1) is 14.4. The number of rotatable bonds is 5. The van der Waals surface area contributed by atoms with Crippen LogP contribution < -0.4 is 5.32 Å². The van der Waals surface area contributed by atoms with Crippen LogP contribution in [0.2, 0.25) is 5.02 Å². The molecule has 0 aliphatic heterocycles. The average Bonchev–Trinajstić information content (AvgIpc) is 2.47. The van der Waals surface area contributed by atoms with Gasteiger partial charge in [0.25, 0.3) is 0 Å². The van der Waals surface area contributed by atoms with Gasteiger partial charge in [-0.3, -0.25) is 0 Å². The molecule has 3 nitrogen and oxygen atoms in total. The molecule has 20 heavy (non-hydrogen) atoms. The summed E-state index contributed by atoms with van der Waals surface area (Å²) >= 11 is 5.85. The topological polar surface area (TPSA) is 38.3 Å². The Hall–Kier alpha value is -2.00. The van der Waals surface area contributed by atoms with Gasteiger partial charge in [0.1, 0.15) is 0 Å². The monoisotopic (exact) mass is 289 g/mol. The number of para-hydroxylation sites is 1. The van der Waals surface area contributed by atoms with Crippen molar-refractivity contribution in [1.82, 2.24) is 0 Å². The van der Waals surface area contributed by atoms with Crippen molar-refractivity contribution in [3.63, 3.8) is 0 Å². The van der Waals surface area contributed by atoms with Crippen molar-refractivity contribution in [2.45, 2.75) is 13.5 Å². The molecule has 0 radical (unpaired) electrons. The molecule has 0 fully saturated rings. The van der Waals surface area contributed by atoms with E-state index in [1.54, 1.807) is 13.0 Å². The summed E-state index contributed by atoms with van der Waals surface area (Å²) in [6.07, 6.45) is 0. The highest BCUT2D eigenvalue weighted by atomic mass is 35.5. The molecule has 0 aliphatic rings. The number of halogens is 1. The molecule has 0 aliphatic carbocycles. The van der Waals surface area contributed by atoms with Crippen molar-refractivity contribution in [3.8, 4) is 0 Å². The Morgan fingerprint density at radius 3 is 2.55 bits per heavy atom. The number of hydrogen-bond acceptors (Lipinski definition) is 3.